The summed E-state index contributed by atoms with van der Waals surface area (Å²) in [6.45, 7) is 2.11. The van der Waals surface area contributed by atoms with E-state index in [4.69, 9.17) is 0 Å². The van der Waals surface area contributed by atoms with Crippen molar-refractivity contribution in [1.82, 2.24) is 0 Å². The molecule has 2 heteroatoms. The Morgan fingerprint density at radius 3 is 2.69 bits per heavy atom. The largest absolute Gasteiger partial charge is 0.299 e. The summed E-state index contributed by atoms with van der Waals surface area (Å²) < 4.78 is 0. The molecule has 2 nitrogen and oxygen atoms in total. The van der Waals surface area contributed by atoms with Gasteiger partial charge in [0, 0.05) is 12.8 Å². The van der Waals surface area contributed by atoms with Crippen molar-refractivity contribution < 1.29 is 9.59 Å². The fraction of sp³-hybridized carbons (Fsp3) is 0.818. The Labute approximate surface area is 78.7 Å². The first kappa shape index (κ1) is 8.92. The molecule has 0 aromatic heterocycles. The fourth-order valence-electron chi connectivity index (χ4n) is 2.87. The summed E-state index contributed by atoms with van der Waals surface area (Å²) in [6.07, 6.45) is 4.49. The molecule has 0 N–H and O–H groups in total. The van der Waals surface area contributed by atoms with E-state index in [1.165, 1.54) is 0 Å². The number of ketones is 2. The molecule has 0 aromatic carbocycles. The molecule has 0 amide bonds. The van der Waals surface area contributed by atoms with Crippen LogP contribution < -0.4 is 0 Å². The lowest BCUT2D eigenvalue weighted by Crippen LogP contribution is -2.23. The number of hydrogen-bond acceptors (Lipinski definition) is 2. The number of carbonyl (C=O) groups is 2. The van der Waals surface area contributed by atoms with Crippen LogP contribution in [0, 0.1) is 17.8 Å². The first-order valence-corrected chi connectivity index (χ1v) is 5.25. The Bertz CT molecular complexity index is 244. The van der Waals surface area contributed by atoms with Crippen molar-refractivity contribution in [1.29, 1.82) is 0 Å². The van der Waals surface area contributed by atoms with Gasteiger partial charge in [-0.3, -0.25) is 9.59 Å². The first-order valence-electron chi connectivity index (χ1n) is 5.25. The monoisotopic (exact) mass is 180 g/mol. The molecule has 2 aliphatic rings. The zero-order valence-electron chi connectivity index (χ0n) is 8.08. The fourth-order valence-corrected chi connectivity index (χ4v) is 2.87. The van der Waals surface area contributed by atoms with Gasteiger partial charge in [0.25, 0.3) is 0 Å². The van der Waals surface area contributed by atoms with Gasteiger partial charge in [0.15, 0.2) is 0 Å². The van der Waals surface area contributed by atoms with Crippen LogP contribution in [-0.4, -0.2) is 11.6 Å². The lowest BCUT2D eigenvalue weighted by Gasteiger charge is -2.16. The number of rotatable bonds is 0. The van der Waals surface area contributed by atoms with Gasteiger partial charge in [-0.15, -0.1) is 0 Å². The van der Waals surface area contributed by atoms with E-state index in [9.17, 15) is 9.59 Å². The van der Waals surface area contributed by atoms with Crippen LogP contribution in [0.15, 0.2) is 0 Å². The van der Waals surface area contributed by atoms with E-state index in [-0.39, 0.29) is 17.5 Å². The van der Waals surface area contributed by atoms with Gasteiger partial charge in [0.05, 0.1) is 5.92 Å². The van der Waals surface area contributed by atoms with Crippen LogP contribution in [0.4, 0.5) is 0 Å². The van der Waals surface area contributed by atoms with Crippen molar-refractivity contribution >= 4 is 11.6 Å². The minimum atomic E-state index is -0.211. The van der Waals surface area contributed by atoms with Crippen LogP contribution in [0.1, 0.15) is 39.0 Å². The smallest absolute Gasteiger partial charge is 0.143 e. The van der Waals surface area contributed by atoms with Gasteiger partial charge >= 0.3 is 0 Å². The van der Waals surface area contributed by atoms with Gasteiger partial charge in [-0.25, -0.2) is 0 Å². The Kier molecular flexibility index (Phi) is 2.22. The maximum absolute atomic E-state index is 11.6. The molecule has 2 rings (SSSR count). The van der Waals surface area contributed by atoms with Crippen LogP contribution in [-0.2, 0) is 9.59 Å². The highest BCUT2D eigenvalue weighted by molar-refractivity contribution is 6.04. The SMILES string of the molecule is CC1CC(=O)C2C(=O)CCCCC12. The predicted octanol–water partition coefficient (Wildman–Crippen LogP) is 1.97. The van der Waals surface area contributed by atoms with Gasteiger partial charge in [-0.2, -0.15) is 0 Å². The molecule has 72 valence electrons. The highest BCUT2D eigenvalue weighted by atomic mass is 16.2. The third-order valence-corrected chi connectivity index (χ3v) is 3.59. The third-order valence-electron chi connectivity index (χ3n) is 3.59. The van der Waals surface area contributed by atoms with Gasteiger partial charge < -0.3 is 0 Å². The van der Waals surface area contributed by atoms with Crippen molar-refractivity contribution in [3.05, 3.63) is 0 Å². The lowest BCUT2D eigenvalue weighted by molar-refractivity contribution is -0.131. The van der Waals surface area contributed by atoms with Gasteiger partial charge in [0.2, 0.25) is 0 Å². The summed E-state index contributed by atoms with van der Waals surface area (Å²) >= 11 is 0. The summed E-state index contributed by atoms with van der Waals surface area (Å²) in [7, 11) is 0. The van der Waals surface area contributed by atoms with Crippen molar-refractivity contribution in [3.63, 3.8) is 0 Å². The van der Waals surface area contributed by atoms with Gasteiger partial charge in [0.1, 0.15) is 11.6 Å². The average Bonchev–Trinajstić information content (AvgIpc) is 2.28. The molecule has 3 unspecified atom stereocenters. The second-order valence-electron chi connectivity index (χ2n) is 4.50. The van der Waals surface area contributed by atoms with E-state index in [0.717, 1.165) is 19.3 Å². The Morgan fingerprint density at radius 2 is 1.92 bits per heavy atom. The Balaban J connectivity index is 2.24. The zero-order chi connectivity index (χ0) is 9.42. The van der Waals surface area contributed by atoms with Gasteiger partial charge in [-0.1, -0.05) is 13.3 Å². The summed E-state index contributed by atoms with van der Waals surface area (Å²) in [4.78, 5) is 23.2. The zero-order valence-corrected chi connectivity index (χ0v) is 8.08. The van der Waals surface area contributed by atoms with E-state index in [2.05, 4.69) is 6.92 Å². The second-order valence-corrected chi connectivity index (χ2v) is 4.50. The summed E-state index contributed by atoms with van der Waals surface area (Å²) in [5.41, 5.74) is 0. The van der Waals surface area contributed by atoms with Crippen LogP contribution in [0.2, 0.25) is 0 Å². The summed E-state index contributed by atoms with van der Waals surface area (Å²) in [5, 5.41) is 0. The molecule has 3 atom stereocenters. The molecular formula is C11H16O2. The highest BCUT2D eigenvalue weighted by Gasteiger charge is 2.44. The van der Waals surface area contributed by atoms with Crippen LogP contribution in [0.25, 0.3) is 0 Å². The van der Waals surface area contributed by atoms with Crippen molar-refractivity contribution in [3.8, 4) is 0 Å². The van der Waals surface area contributed by atoms with E-state index in [1.54, 1.807) is 0 Å². The number of Topliss-reactive ketones (excluding diaryl/α,β-unsaturated/α-hetero) is 2. The predicted molar refractivity (Wildman–Crippen MR) is 49.2 cm³/mol. The van der Waals surface area contributed by atoms with E-state index in [1.807, 2.05) is 0 Å². The molecule has 0 radical (unpaired) electrons. The molecule has 0 aromatic rings. The standard InChI is InChI=1S/C11H16O2/c1-7-6-10(13)11-8(7)4-2-3-5-9(11)12/h7-8,11H,2-6H2,1H3. The van der Waals surface area contributed by atoms with Crippen LogP contribution >= 0.6 is 0 Å². The molecule has 0 bridgehead atoms. The normalized spacial score (nSPS) is 40.2. The third kappa shape index (κ3) is 1.43. The highest BCUT2D eigenvalue weighted by Crippen LogP contribution is 2.40. The molecule has 2 saturated carbocycles. The van der Waals surface area contributed by atoms with E-state index in [0.29, 0.717) is 24.7 Å². The number of hydrogen-bond donors (Lipinski definition) is 0. The minimum Gasteiger partial charge on any atom is -0.299 e. The molecule has 13 heavy (non-hydrogen) atoms. The van der Waals surface area contributed by atoms with Gasteiger partial charge in [-0.05, 0) is 24.7 Å². The maximum atomic E-state index is 11.6. The maximum Gasteiger partial charge on any atom is 0.143 e. The molecule has 0 saturated heterocycles. The van der Waals surface area contributed by atoms with E-state index >= 15 is 0 Å². The molecule has 0 heterocycles. The van der Waals surface area contributed by atoms with E-state index < -0.39 is 0 Å². The first-order chi connectivity index (χ1) is 6.20. The second kappa shape index (κ2) is 3.24. The molecule has 0 aliphatic heterocycles. The van der Waals surface area contributed by atoms with Crippen LogP contribution in [0.3, 0.4) is 0 Å². The van der Waals surface area contributed by atoms with Crippen LogP contribution in [0.5, 0.6) is 0 Å². The number of fused-ring (bicyclic) bond motifs is 1. The molecule has 2 aliphatic carbocycles. The Morgan fingerprint density at radius 1 is 1.15 bits per heavy atom. The number of carbonyl (C=O) groups excluding carboxylic acids is 2. The summed E-state index contributed by atoms with van der Waals surface area (Å²) in [5.74, 6) is 1.04. The molecule has 2 fully saturated rings. The van der Waals surface area contributed by atoms with Crippen molar-refractivity contribution in [2.45, 2.75) is 39.0 Å². The van der Waals surface area contributed by atoms with Crippen molar-refractivity contribution in [2.24, 2.45) is 17.8 Å². The summed E-state index contributed by atoms with van der Waals surface area (Å²) in [6, 6.07) is 0. The quantitative estimate of drug-likeness (QED) is 0.534. The average molecular weight is 180 g/mol. The minimum absolute atomic E-state index is 0.211. The Hall–Kier alpha value is -0.660. The lowest BCUT2D eigenvalue weighted by atomic mass is 9.86. The topological polar surface area (TPSA) is 34.1 Å². The molecular weight excluding hydrogens is 164 g/mol. The molecule has 0 spiro atoms. The van der Waals surface area contributed by atoms with Crippen molar-refractivity contribution in [2.75, 3.05) is 0 Å².